The summed E-state index contributed by atoms with van der Waals surface area (Å²) in [6.45, 7) is 0.824. The lowest BCUT2D eigenvalue weighted by Crippen LogP contribution is -2.11. The molecule has 2 aromatic carbocycles. The van der Waals surface area contributed by atoms with Crippen molar-refractivity contribution in [1.29, 1.82) is 5.26 Å². The van der Waals surface area contributed by atoms with Crippen LogP contribution in [-0.4, -0.2) is 25.3 Å². The van der Waals surface area contributed by atoms with Gasteiger partial charge in [0.05, 0.1) is 18.5 Å². The van der Waals surface area contributed by atoms with E-state index in [-0.39, 0.29) is 5.57 Å². The smallest absolute Gasteiger partial charge is 0.348 e. The van der Waals surface area contributed by atoms with Gasteiger partial charge in [0, 0.05) is 13.0 Å². The Morgan fingerprint density at radius 1 is 1.20 bits per heavy atom. The molecule has 0 radical (unpaired) electrons. The summed E-state index contributed by atoms with van der Waals surface area (Å²) in [4.78, 5) is 11.5. The van der Waals surface area contributed by atoms with Crippen LogP contribution in [0.15, 0.2) is 65.3 Å². The fourth-order valence-corrected chi connectivity index (χ4v) is 2.63. The third kappa shape index (κ3) is 3.75. The van der Waals surface area contributed by atoms with E-state index in [4.69, 9.17) is 5.26 Å². The lowest BCUT2D eigenvalue weighted by atomic mass is 10.1. The molecule has 0 N–H and O–H groups in total. The molecule has 0 spiro atoms. The zero-order chi connectivity index (χ0) is 17.6. The number of esters is 1. The number of carbonyl (C=O) groups excluding carboxylic acids is 1. The third-order valence-electron chi connectivity index (χ3n) is 3.94. The number of nitriles is 1. The van der Waals surface area contributed by atoms with Crippen molar-refractivity contribution in [2.24, 2.45) is 5.10 Å². The maximum absolute atomic E-state index is 11.5. The number of benzene rings is 2. The second-order valence-corrected chi connectivity index (χ2v) is 5.54. The Morgan fingerprint density at radius 2 is 1.92 bits per heavy atom. The summed E-state index contributed by atoms with van der Waals surface area (Å²) in [6.07, 6.45) is 2.41. The molecule has 0 amide bonds. The molecule has 2 aromatic rings. The number of rotatable bonds is 4. The number of carbonyl (C=O) groups is 1. The molecule has 1 aliphatic rings. The largest absolute Gasteiger partial charge is 0.465 e. The Hall–Kier alpha value is -3.39. The number of hydrazone groups is 1. The first kappa shape index (κ1) is 16.5. The minimum atomic E-state index is -0.636. The first-order chi connectivity index (χ1) is 12.2. The van der Waals surface area contributed by atoms with Gasteiger partial charge in [-0.2, -0.15) is 10.4 Å². The molecule has 0 unspecified atom stereocenters. The maximum atomic E-state index is 11.5. The minimum Gasteiger partial charge on any atom is -0.465 e. The van der Waals surface area contributed by atoms with Gasteiger partial charge in [-0.3, -0.25) is 5.01 Å². The van der Waals surface area contributed by atoms with E-state index in [9.17, 15) is 4.79 Å². The number of nitrogens with zero attached hydrogens (tertiary/aromatic N) is 3. The SMILES string of the molecule is COC(=O)C(C#N)=Cc1ccc(N2CCC(c3ccccc3)=N2)cc1. The topological polar surface area (TPSA) is 65.7 Å². The predicted octanol–water partition coefficient (Wildman–Crippen LogP) is 3.38. The molecule has 0 saturated carbocycles. The van der Waals surface area contributed by atoms with Gasteiger partial charge in [-0.05, 0) is 29.3 Å². The van der Waals surface area contributed by atoms with E-state index in [1.165, 1.54) is 13.2 Å². The number of anilines is 1. The summed E-state index contributed by atoms with van der Waals surface area (Å²) in [7, 11) is 1.26. The Morgan fingerprint density at radius 3 is 2.56 bits per heavy atom. The van der Waals surface area contributed by atoms with Gasteiger partial charge in [0.2, 0.25) is 0 Å². The van der Waals surface area contributed by atoms with E-state index in [1.54, 1.807) is 0 Å². The van der Waals surface area contributed by atoms with Gasteiger partial charge in [0.25, 0.3) is 0 Å². The van der Waals surface area contributed by atoms with Gasteiger partial charge in [-0.15, -0.1) is 0 Å². The summed E-state index contributed by atoms with van der Waals surface area (Å²) in [6, 6.07) is 19.5. The van der Waals surface area contributed by atoms with Crippen molar-refractivity contribution >= 4 is 23.4 Å². The second kappa shape index (κ2) is 7.45. The Bertz CT molecular complexity index is 862. The van der Waals surface area contributed by atoms with Gasteiger partial charge >= 0.3 is 5.97 Å². The standard InChI is InChI=1S/C20H17N3O2/c1-25-20(24)17(14-21)13-15-7-9-18(10-8-15)23-12-11-19(22-23)16-5-3-2-4-6-16/h2-10,13H,11-12H2,1H3. The summed E-state index contributed by atoms with van der Waals surface area (Å²) < 4.78 is 4.58. The Kier molecular flexibility index (Phi) is 4.91. The van der Waals surface area contributed by atoms with E-state index in [0.29, 0.717) is 0 Å². The highest BCUT2D eigenvalue weighted by Crippen LogP contribution is 2.23. The lowest BCUT2D eigenvalue weighted by Gasteiger charge is -2.13. The average molecular weight is 331 g/mol. The van der Waals surface area contributed by atoms with Crippen molar-refractivity contribution < 1.29 is 9.53 Å². The zero-order valence-electron chi connectivity index (χ0n) is 13.8. The van der Waals surface area contributed by atoms with Crippen LogP contribution < -0.4 is 5.01 Å². The first-order valence-corrected chi connectivity index (χ1v) is 7.92. The third-order valence-corrected chi connectivity index (χ3v) is 3.94. The fourth-order valence-electron chi connectivity index (χ4n) is 2.63. The highest BCUT2D eigenvalue weighted by molar-refractivity contribution is 6.02. The quantitative estimate of drug-likeness (QED) is 0.489. The second-order valence-electron chi connectivity index (χ2n) is 5.54. The van der Waals surface area contributed by atoms with Crippen LogP contribution in [0.2, 0.25) is 0 Å². The molecule has 5 heteroatoms. The molecular weight excluding hydrogens is 314 g/mol. The molecule has 25 heavy (non-hydrogen) atoms. The monoisotopic (exact) mass is 331 g/mol. The molecule has 0 saturated heterocycles. The van der Waals surface area contributed by atoms with Crippen molar-refractivity contribution in [3.63, 3.8) is 0 Å². The molecule has 124 valence electrons. The highest BCUT2D eigenvalue weighted by atomic mass is 16.5. The number of ether oxygens (including phenoxy) is 1. The normalized spacial score (nSPS) is 14.0. The van der Waals surface area contributed by atoms with Crippen LogP contribution in [0.1, 0.15) is 17.5 Å². The fraction of sp³-hybridized carbons (Fsp3) is 0.150. The van der Waals surface area contributed by atoms with Gasteiger partial charge in [-0.1, -0.05) is 42.5 Å². The molecule has 5 nitrogen and oxygen atoms in total. The van der Waals surface area contributed by atoms with Crippen molar-refractivity contribution in [2.45, 2.75) is 6.42 Å². The molecule has 0 bridgehead atoms. The minimum absolute atomic E-state index is 0.0270. The van der Waals surface area contributed by atoms with Crippen LogP contribution in [0, 0.1) is 11.3 Å². The van der Waals surface area contributed by atoms with E-state index >= 15 is 0 Å². The van der Waals surface area contributed by atoms with E-state index < -0.39 is 5.97 Å². The number of hydrogen-bond donors (Lipinski definition) is 0. The first-order valence-electron chi connectivity index (χ1n) is 7.92. The van der Waals surface area contributed by atoms with E-state index in [2.05, 4.69) is 22.0 Å². The summed E-state index contributed by atoms with van der Waals surface area (Å²) in [5.74, 6) is -0.636. The lowest BCUT2D eigenvalue weighted by molar-refractivity contribution is -0.135. The van der Waals surface area contributed by atoms with Gasteiger partial charge < -0.3 is 4.74 Å². The Labute approximate surface area is 146 Å². The molecule has 0 fully saturated rings. The molecule has 0 aromatic heterocycles. The van der Waals surface area contributed by atoms with E-state index in [0.717, 1.165) is 35.5 Å². The van der Waals surface area contributed by atoms with Crippen molar-refractivity contribution in [2.75, 3.05) is 18.7 Å². The van der Waals surface area contributed by atoms with Crippen LogP contribution in [0.5, 0.6) is 0 Å². The van der Waals surface area contributed by atoms with E-state index in [1.807, 2.05) is 53.5 Å². The Balaban J connectivity index is 1.78. The summed E-state index contributed by atoms with van der Waals surface area (Å²) >= 11 is 0. The zero-order valence-corrected chi connectivity index (χ0v) is 13.8. The van der Waals surface area contributed by atoms with Crippen molar-refractivity contribution in [3.8, 4) is 6.07 Å². The number of hydrogen-bond acceptors (Lipinski definition) is 5. The average Bonchev–Trinajstić information content (AvgIpc) is 3.17. The van der Waals surface area contributed by atoms with Gasteiger partial charge in [0.1, 0.15) is 11.6 Å². The maximum Gasteiger partial charge on any atom is 0.348 e. The van der Waals surface area contributed by atoms with Crippen LogP contribution in [0.3, 0.4) is 0 Å². The van der Waals surface area contributed by atoms with Crippen LogP contribution in [0.4, 0.5) is 5.69 Å². The van der Waals surface area contributed by atoms with Gasteiger partial charge in [0.15, 0.2) is 0 Å². The molecule has 1 heterocycles. The van der Waals surface area contributed by atoms with Crippen LogP contribution in [0.25, 0.3) is 6.08 Å². The molecule has 1 aliphatic heterocycles. The summed E-state index contributed by atoms with van der Waals surface area (Å²) in [5, 5.41) is 15.7. The molecular formula is C20H17N3O2. The molecule has 0 atom stereocenters. The van der Waals surface area contributed by atoms with Crippen molar-refractivity contribution in [1.82, 2.24) is 0 Å². The molecule has 0 aliphatic carbocycles. The summed E-state index contributed by atoms with van der Waals surface area (Å²) in [5.41, 5.74) is 3.92. The number of methoxy groups -OCH3 is 1. The van der Waals surface area contributed by atoms with Crippen molar-refractivity contribution in [3.05, 3.63) is 71.3 Å². The van der Waals surface area contributed by atoms with Crippen LogP contribution in [-0.2, 0) is 9.53 Å². The van der Waals surface area contributed by atoms with Crippen LogP contribution >= 0.6 is 0 Å². The highest BCUT2D eigenvalue weighted by Gasteiger charge is 2.17. The van der Waals surface area contributed by atoms with Gasteiger partial charge in [-0.25, -0.2) is 4.79 Å². The molecule has 3 rings (SSSR count). The predicted molar refractivity (Wildman–Crippen MR) is 97.0 cm³/mol.